The van der Waals surface area contributed by atoms with E-state index in [1.807, 2.05) is 18.2 Å². The van der Waals surface area contributed by atoms with Crippen LogP contribution in [0.4, 0.5) is 0 Å². The van der Waals surface area contributed by atoms with Crippen LogP contribution in [0.3, 0.4) is 0 Å². The molecular weight excluding hydrogens is 248 g/mol. The number of H-pyrrole nitrogens is 1. The average Bonchev–Trinajstić information content (AvgIpc) is 3.25. The molecule has 0 aliphatic heterocycles. The summed E-state index contributed by atoms with van der Waals surface area (Å²) in [4.78, 5) is 12.0. The maximum Gasteiger partial charge on any atom is 0.124 e. The Morgan fingerprint density at radius 1 is 1.10 bits per heavy atom. The van der Waals surface area contributed by atoms with Gasteiger partial charge in [-0.2, -0.15) is 0 Å². The number of rotatable bonds is 3. The summed E-state index contributed by atoms with van der Waals surface area (Å²) in [7, 11) is 0. The quantitative estimate of drug-likeness (QED) is 0.764. The Kier molecular flexibility index (Phi) is 2.57. The van der Waals surface area contributed by atoms with Gasteiger partial charge in [-0.1, -0.05) is 6.07 Å². The second-order valence-corrected chi connectivity index (χ2v) is 5.45. The third-order valence-electron chi connectivity index (χ3n) is 3.96. The first-order chi connectivity index (χ1) is 9.81. The number of pyridine rings is 1. The zero-order valence-electron chi connectivity index (χ0n) is 11.1. The molecule has 3 aromatic rings. The van der Waals surface area contributed by atoms with E-state index < -0.39 is 0 Å². The molecule has 2 aromatic heterocycles. The van der Waals surface area contributed by atoms with Crippen molar-refractivity contribution in [3.8, 4) is 11.1 Å². The fraction of sp³-hybridized carbons (Fsp3) is 0.250. The lowest BCUT2D eigenvalue weighted by Crippen LogP contribution is -2.13. The first-order valence-corrected chi connectivity index (χ1v) is 6.97. The fourth-order valence-electron chi connectivity index (χ4n) is 2.59. The number of aromatic nitrogens is 3. The molecule has 0 bridgehead atoms. The van der Waals surface area contributed by atoms with Crippen LogP contribution in [0.1, 0.15) is 24.7 Å². The summed E-state index contributed by atoms with van der Waals surface area (Å²) in [5.74, 6) is 1.52. The van der Waals surface area contributed by atoms with Crippen LogP contribution in [0, 0.1) is 5.92 Å². The second kappa shape index (κ2) is 4.42. The molecule has 1 unspecified atom stereocenters. The maximum atomic E-state index is 6.21. The lowest BCUT2D eigenvalue weighted by Gasteiger charge is -2.04. The Labute approximate surface area is 117 Å². The Morgan fingerprint density at radius 2 is 1.90 bits per heavy atom. The Balaban J connectivity index is 1.75. The van der Waals surface area contributed by atoms with Crippen LogP contribution < -0.4 is 5.73 Å². The highest BCUT2D eigenvalue weighted by atomic mass is 15.0. The monoisotopic (exact) mass is 264 g/mol. The molecule has 4 nitrogen and oxygen atoms in total. The van der Waals surface area contributed by atoms with E-state index in [0.717, 1.165) is 28.0 Å². The van der Waals surface area contributed by atoms with Crippen LogP contribution in [0.15, 0.2) is 42.7 Å². The normalized spacial score (nSPS) is 16.4. The van der Waals surface area contributed by atoms with Gasteiger partial charge in [-0.05, 0) is 54.2 Å². The number of fused-ring (bicyclic) bond motifs is 1. The van der Waals surface area contributed by atoms with Crippen molar-refractivity contribution in [3.63, 3.8) is 0 Å². The zero-order valence-corrected chi connectivity index (χ0v) is 11.1. The summed E-state index contributed by atoms with van der Waals surface area (Å²) in [6.45, 7) is 0. The minimum atomic E-state index is 0.0479. The van der Waals surface area contributed by atoms with Gasteiger partial charge in [0.05, 0.1) is 17.1 Å². The van der Waals surface area contributed by atoms with Crippen LogP contribution >= 0.6 is 0 Å². The summed E-state index contributed by atoms with van der Waals surface area (Å²) in [6, 6.07) is 10.3. The Morgan fingerprint density at radius 3 is 2.65 bits per heavy atom. The van der Waals surface area contributed by atoms with Gasteiger partial charge in [0.25, 0.3) is 0 Å². The van der Waals surface area contributed by atoms with Gasteiger partial charge in [0.15, 0.2) is 0 Å². The van der Waals surface area contributed by atoms with Crippen LogP contribution in [0.2, 0.25) is 0 Å². The molecule has 1 atom stereocenters. The Bertz CT molecular complexity index is 744. The molecule has 2 heterocycles. The van der Waals surface area contributed by atoms with E-state index >= 15 is 0 Å². The molecule has 0 spiro atoms. The van der Waals surface area contributed by atoms with E-state index in [9.17, 15) is 0 Å². The summed E-state index contributed by atoms with van der Waals surface area (Å²) >= 11 is 0. The van der Waals surface area contributed by atoms with Gasteiger partial charge in [0.2, 0.25) is 0 Å². The van der Waals surface area contributed by atoms with Crippen molar-refractivity contribution in [2.24, 2.45) is 11.7 Å². The molecular formula is C16H16N4. The van der Waals surface area contributed by atoms with E-state index in [-0.39, 0.29) is 6.04 Å². The number of nitrogens with one attached hydrogen (secondary N) is 1. The summed E-state index contributed by atoms with van der Waals surface area (Å²) in [5, 5.41) is 0. The molecule has 4 heteroatoms. The van der Waals surface area contributed by atoms with Crippen molar-refractivity contribution in [1.82, 2.24) is 15.0 Å². The van der Waals surface area contributed by atoms with E-state index in [1.165, 1.54) is 12.8 Å². The first-order valence-electron chi connectivity index (χ1n) is 6.97. The first kappa shape index (κ1) is 11.6. The second-order valence-electron chi connectivity index (χ2n) is 5.45. The third-order valence-corrected chi connectivity index (χ3v) is 3.96. The fourth-order valence-corrected chi connectivity index (χ4v) is 2.59. The van der Waals surface area contributed by atoms with Crippen LogP contribution in [-0.2, 0) is 0 Å². The summed E-state index contributed by atoms with van der Waals surface area (Å²) in [5.41, 5.74) is 10.6. The summed E-state index contributed by atoms with van der Waals surface area (Å²) < 4.78 is 0. The highest BCUT2D eigenvalue weighted by molar-refractivity contribution is 5.81. The SMILES string of the molecule is NC(c1nc2ccc(-c3ccncc3)cc2[nH]1)C1CC1. The molecule has 4 rings (SSSR count). The lowest BCUT2D eigenvalue weighted by atomic mass is 10.1. The summed E-state index contributed by atoms with van der Waals surface area (Å²) in [6.07, 6.45) is 6.06. The van der Waals surface area contributed by atoms with Gasteiger partial charge in [-0.25, -0.2) is 4.98 Å². The average molecular weight is 264 g/mol. The number of nitrogens with zero attached hydrogens (tertiary/aromatic N) is 2. The molecule has 1 aromatic carbocycles. The van der Waals surface area contributed by atoms with Crippen molar-refractivity contribution in [3.05, 3.63) is 48.5 Å². The van der Waals surface area contributed by atoms with Crippen LogP contribution in [-0.4, -0.2) is 15.0 Å². The van der Waals surface area contributed by atoms with Crippen LogP contribution in [0.25, 0.3) is 22.2 Å². The maximum absolute atomic E-state index is 6.21. The predicted molar refractivity (Wildman–Crippen MR) is 79.0 cm³/mol. The molecule has 1 saturated carbocycles. The number of nitrogens with two attached hydrogens (primary N) is 1. The topological polar surface area (TPSA) is 67.6 Å². The van der Waals surface area contributed by atoms with Crippen molar-refractivity contribution in [2.75, 3.05) is 0 Å². The molecule has 1 fully saturated rings. The smallest absolute Gasteiger partial charge is 0.124 e. The minimum Gasteiger partial charge on any atom is -0.341 e. The molecule has 0 saturated heterocycles. The highest BCUT2D eigenvalue weighted by Gasteiger charge is 2.31. The molecule has 1 aliphatic rings. The molecule has 0 radical (unpaired) electrons. The van der Waals surface area contributed by atoms with Crippen molar-refractivity contribution in [2.45, 2.75) is 18.9 Å². The van der Waals surface area contributed by atoms with E-state index in [0.29, 0.717) is 5.92 Å². The van der Waals surface area contributed by atoms with Crippen LogP contribution in [0.5, 0.6) is 0 Å². The number of hydrogen-bond donors (Lipinski definition) is 2. The van der Waals surface area contributed by atoms with Gasteiger partial charge in [-0.3, -0.25) is 4.98 Å². The molecule has 3 N–H and O–H groups in total. The lowest BCUT2D eigenvalue weighted by molar-refractivity contribution is 0.602. The third kappa shape index (κ3) is 1.98. The predicted octanol–water partition coefficient (Wildman–Crippen LogP) is 3.03. The highest BCUT2D eigenvalue weighted by Crippen LogP contribution is 2.39. The van der Waals surface area contributed by atoms with Crippen molar-refractivity contribution < 1.29 is 0 Å². The number of hydrogen-bond acceptors (Lipinski definition) is 3. The number of benzene rings is 1. The van der Waals surface area contributed by atoms with E-state index in [4.69, 9.17) is 5.73 Å². The zero-order chi connectivity index (χ0) is 13.5. The van der Waals surface area contributed by atoms with Gasteiger partial charge >= 0.3 is 0 Å². The number of aromatic amines is 1. The Hall–Kier alpha value is -2.20. The molecule has 20 heavy (non-hydrogen) atoms. The van der Waals surface area contributed by atoms with E-state index in [1.54, 1.807) is 12.4 Å². The number of imidazole rings is 1. The van der Waals surface area contributed by atoms with Gasteiger partial charge in [-0.15, -0.1) is 0 Å². The standard InChI is InChI=1S/C16H16N4/c17-15(11-1-2-11)16-19-13-4-3-12(9-14(13)20-16)10-5-7-18-8-6-10/h3-9,11,15H,1-2,17H2,(H,19,20). The van der Waals surface area contributed by atoms with Gasteiger partial charge < -0.3 is 10.7 Å². The molecule has 0 amide bonds. The minimum absolute atomic E-state index is 0.0479. The van der Waals surface area contributed by atoms with Crippen molar-refractivity contribution >= 4 is 11.0 Å². The van der Waals surface area contributed by atoms with E-state index in [2.05, 4.69) is 27.1 Å². The molecule has 100 valence electrons. The molecule has 1 aliphatic carbocycles. The van der Waals surface area contributed by atoms with Gasteiger partial charge in [0, 0.05) is 12.4 Å². The largest absolute Gasteiger partial charge is 0.341 e. The van der Waals surface area contributed by atoms with Gasteiger partial charge in [0.1, 0.15) is 5.82 Å². The van der Waals surface area contributed by atoms with Crippen molar-refractivity contribution in [1.29, 1.82) is 0 Å².